The van der Waals surface area contributed by atoms with Crippen LogP contribution in [0.3, 0.4) is 0 Å². The van der Waals surface area contributed by atoms with Crippen molar-refractivity contribution in [1.29, 1.82) is 0 Å². The zero-order chi connectivity index (χ0) is 21.0. The Bertz CT molecular complexity index is 735. The van der Waals surface area contributed by atoms with Crippen molar-refractivity contribution in [2.45, 2.75) is 64.6 Å². The summed E-state index contributed by atoms with van der Waals surface area (Å²) in [4.78, 5) is 27.7. The van der Waals surface area contributed by atoms with Crippen LogP contribution in [0, 0.1) is 11.3 Å². The van der Waals surface area contributed by atoms with Crippen LogP contribution in [0.2, 0.25) is 0 Å². The van der Waals surface area contributed by atoms with E-state index in [9.17, 15) is 9.59 Å². The number of ether oxygens (including phenoxy) is 2. The van der Waals surface area contributed by atoms with Crippen LogP contribution in [0.25, 0.3) is 0 Å². The molecule has 0 radical (unpaired) electrons. The SMILES string of the molecule is COC(=O)CN1[C@@H]2CC[C@H]1[C@@](CCC(C)C)(C(=O)NCc1ccccc1OC)C2. The molecular formula is C23H34N2O4. The van der Waals surface area contributed by atoms with Gasteiger partial charge < -0.3 is 14.8 Å². The highest BCUT2D eigenvalue weighted by Crippen LogP contribution is 2.52. The van der Waals surface area contributed by atoms with Gasteiger partial charge in [-0.2, -0.15) is 0 Å². The number of rotatable bonds is 9. The van der Waals surface area contributed by atoms with Crippen molar-refractivity contribution in [3.8, 4) is 5.75 Å². The molecule has 2 aliphatic heterocycles. The summed E-state index contributed by atoms with van der Waals surface area (Å²) >= 11 is 0. The van der Waals surface area contributed by atoms with Crippen LogP contribution in [0.5, 0.6) is 5.75 Å². The number of benzene rings is 1. The Kier molecular flexibility index (Phi) is 6.83. The van der Waals surface area contributed by atoms with Crippen LogP contribution < -0.4 is 10.1 Å². The average Bonchev–Trinajstić information content (AvgIpc) is 3.25. The number of nitrogens with one attached hydrogen (secondary N) is 1. The van der Waals surface area contributed by atoms with Gasteiger partial charge in [-0.1, -0.05) is 32.0 Å². The number of fused-ring (bicyclic) bond motifs is 2. The first-order chi connectivity index (χ1) is 13.9. The summed E-state index contributed by atoms with van der Waals surface area (Å²) in [6.45, 7) is 5.11. The second kappa shape index (κ2) is 9.16. The van der Waals surface area contributed by atoms with Crippen LogP contribution in [0.4, 0.5) is 0 Å². The smallest absolute Gasteiger partial charge is 0.319 e. The van der Waals surface area contributed by atoms with E-state index >= 15 is 0 Å². The standard InChI is InChI=1S/C23H34N2O4/c1-16(2)11-12-23(13-18-9-10-20(23)25(18)15-21(26)29-4)22(27)24-14-17-7-5-6-8-19(17)28-3/h5-8,16,18,20H,9-15H2,1-4H3,(H,24,27)/t18-,20+,23+/m1/s1. The molecule has 1 amide bonds. The van der Waals surface area contributed by atoms with Crippen LogP contribution in [0.1, 0.15) is 51.5 Å². The summed E-state index contributed by atoms with van der Waals surface area (Å²) in [5.74, 6) is 1.19. The lowest BCUT2D eigenvalue weighted by atomic mass is 9.69. The van der Waals surface area contributed by atoms with E-state index in [0.29, 0.717) is 12.5 Å². The van der Waals surface area contributed by atoms with Crippen molar-refractivity contribution in [2.24, 2.45) is 11.3 Å². The molecule has 160 valence electrons. The molecule has 2 fully saturated rings. The number of nitrogens with zero attached hydrogens (tertiary/aromatic N) is 1. The van der Waals surface area contributed by atoms with E-state index in [0.717, 1.165) is 43.4 Å². The molecule has 1 aromatic rings. The molecule has 6 nitrogen and oxygen atoms in total. The molecule has 1 aromatic carbocycles. The Labute approximate surface area is 173 Å². The Morgan fingerprint density at radius 2 is 2.00 bits per heavy atom. The van der Waals surface area contributed by atoms with Crippen LogP contribution in [-0.4, -0.2) is 49.6 Å². The Hall–Kier alpha value is -2.08. The third-order valence-corrected chi connectivity index (χ3v) is 6.67. The maximum absolute atomic E-state index is 13.5. The molecule has 0 spiro atoms. The number of hydrogen-bond acceptors (Lipinski definition) is 5. The van der Waals surface area contributed by atoms with Crippen molar-refractivity contribution < 1.29 is 19.1 Å². The minimum atomic E-state index is -0.441. The first kappa shape index (κ1) is 21.6. The monoisotopic (exact) mass is 402 g/mol. The van der Waals surface area contributed by atoms with E-state index in [-0.39, 0.29) is 30.5 Å². The summed E-state index contributed by atoms with van der Waals surface area (Å²) in [5, 5.41) is 3.19. The fourth-order valence-electron chi connectivity index (χ4n) is 5.13. The van der Waals surface area contributed by atoms with Gasteiger partial charge in [0, 0.05) is 24.2 Å². The minimum absolute atomic E-state index is 0.100. The lowest BCUT2D eigenvalue weighted by molar-refractivity contribution is -0.143. The number of methoxy groups -OCH3 is 2. The highest BCUT2D eigenvalue weighted by Gasteiger charge is 2.59. The number of para-hydroxylation sites is 1. The van der Waals surface area contributed by atoms with Gasteiger partial charge in [0.15, 0.2) is 0 Å². The van der Waals surface area contributed by atoms with Crippen molar-refractivity contribution in [2.75, 3.05) is 20.8 Å². The molecule has 2 aliphatic rings. The average molecular weight is 403 g/mol. The van der Waals surface area contributed by atoms with Crippen molar-refractivity contribution in [3.05, 3.63) is 29.8 Å². The highest BCUT2D eigenvalue weighted by molar-refractivity contribution is 5.84. The third-order valence-electron chi connectivity index (χ3n) is 6.67. The molecule has 2 heterocycles. The molecule has 0 unspecified atom stereocenters. The van der Waals surface area contributed by atoms with E-state index in [4.69, 9.17) is 9.47 Å². The molecule has 3 atom stereocenters. The first-order valence-corrected chi connectivity index (χ1v) is 10.6. The van der Waals surface area contributed by atoms with Crippen molar-refractivity contribution >= 4 is 11.9 Å². The first-order valence-electron chi connectivity index (χ1n) is 10.6. The zero-order valence-corrected chi connectivity index (χ0v) is 18.1. The molecule has 29 heavy (non-hydrogen) atoms. The lowest BCUT2D eigenvalue weighted by Crippen LogP contribution is -2.49. The molecule has 2 bridgehead atoms. The number of amides is 1. The summed E-state index contributed by atoms with van der Waals surface area (Å²) in [6.07, 6.45) is 4.67. The van der Waals surface area contributed by atoms with Crippen LogP contribution in [0.15, 0.2) is 24.3 Å². The Morgan fingerprint density at radius 1 is 1.24 bits per heavy atom. The van der Waals surface area contributed by atoms with Gasteiger partial charge >= 0.3 is 5.97 Å². The summed E-state index contributed by atoms with van der Waals surface area (Å²) < 4.78 is 10.3. The molecule has 0 aromatic heterocycles. The largest absolute Gasteiger partial charge is 0.496 e. The van der Waals surface area contributed by atoms with Gasteiger partial charge in [-0.15, -0.1) is 0 Å². The van der Waals surface area contributed by atoms with Crippen molar-refractivity contribution in [1.82, 2.24) is 10.2 Å². The topological polar surface area (TPSA) is 67.9 Å². The normalized spacial score (nSPS) is 26.0. The van der Waals surface area contributed by atoms with Gasteiger partial charge in [-0.25, -0.2) is 0 Å². The van der Waals surface area contributed by atoms with E-state index in [2.05, 4.69) is 24.1 Å². The lowest BCUT2D eigenvalue weighted by Gasteiger charge is -2.37. The van der Waals surface area contributed by atoms with Crippen molar-refractivity contribution in [3.63, 3.8) is 0 Å². The second-order valence-corrected chi connectivity index (χ2v) is 8.78. The molecule has 1 N–H and O–H groups in total. The number of esters is 1. The maximum atomic E-state index is 13.5. The molecule has 6 heteroatoms. The van der Waals surface area contributed by atoms with Gasteiger partial charge in [0.05, 0.1) is 26.2 Å². The van der Waals surface area contributed by atoms with E-state index in [1.54, 1.807) is 7.11 Å². The summed E-state index contributed by atoms with van der Waals surface area (Å²) in [7, 11) is 3.07. The summed E-state index contributed by atoms with van der Waals surface area (Å²) in [6, 6.07) is 8.14. The summed E-state index contributed by atoms with van der Waals surface area (Å²) in [5.41, 5.74) is 0.528. The molecule has 3 rings (SSSR count). The fraction of sp³-hybridized carbons (Fsp3) is 0.652. The van der Waals surface area contributed by atoms with Gasteiger partial charge in [0.1, 0.15) is 5.75 Å². The molecular weight excluding hydrogens is 368 g/mol. The molecule has 0 aliphatic carbocycles. The fourth-order valence-corrected chi connectivity index (χ4v) is 5.13. The molecule has 0 saturated carbocycles. The van der Waals surface area contributed by atoms with Gasteiger partial charge in [-0.3, -0.25) is 14.5 Å². The van der Waals surface area contributed by atoms with Crippen LogP contribution in [-0.2, 0) is 20.9 Å². The zero-order valence-electron chi connectivity index (χ0n) is 18.1. The highest BCUT2D eigenvalue weighted by atomic mass is 16.5. The van der Waals surface area contributed by atoms with Gasteiger partial charge in [0.25, 0.3) is 0 Å². The number of carbonyl (C=O) groups excluding carboxylic acids is 2. The third kappa shape index (κ3) is 4.42. The molecule has 2 saturated heterocycles. The Morgan fingerprint density at radius 3 is 2.69 bits per heavy atom. The minimum Gasteiger partial charge on any atom is -0.496 e. The maximum Gasteiger partial charge on any atom is 0.319 e. The number of carbonyl (C=O) groups is 2. The van der Waals surface area contributed by atoms with Gasteiger partial charge in [-0.05, 0) is 44.1 Å². The Balaban J connectivity index is 1.78. The van der Waals surface area contributed by atoms with Gasteiger partial charge in [0.2, 0.25) is 5.91 Å². The van der Waals surface area contributed by atoms with E-state index in [1.165, 1.54) is 7.11 Å². The quantitative estimate of drug-likeness (QED) is 0.643. The van der Waals surface area contributed by atoms with Crippen LogP contribution >= 0.6 is 0 Å². The number of hydrogen-bond donors (Lipinski definition) is 1. The second-order valence-electron chi connectivity index (χ2n) is 8.78. The predicted octanol–water partition coefficient (Wildman–Crippen LogP) is 3.14. The predicted molar refractivity (Wildman–Crippen MR) is 111 cm³/mol. The van der Waals surface area contributed by atoms with E-state index in [1.807, 2.05) is 24.3 Å². The van der Waals surface area contributed by atoms with E-state index < -0.39 is 5.41 Å².